The van der Waals surface area contributed by atoms with E-state index in [9.17, 15) is 0 Å². The van der Waals surface area contributed by atoms with Crippen LogP contribution in [-0.2, 0) is 21.1 Å². The van der Waals surface area contributed by atoms with Crippen molar-refractivity contribution >= 4 is 17.3 Å². The zero-order valence-corrected chi connectivity index (χ0v) is 22.7. The molecule has 0 amide bonds. The fourth-order valence-corrected chi connectivity index (χ4v) is 4.40. The van der Waals surface area contributed by atoms with E-state index in [4.69, 9.17) is 9.97 Å². The normalized spacial score (nSPS) is 10.4. The SMILES string of the molecule is [Pt+2].[c-]1ccccc1-c1cccc(N(c2cccc(-c3[c-]cccc3)n2)c2ccccc2-c2ccccc2)n1. The van der Waals surface area contributed by atoms with Crippen molar-refractivity contribution in [2.24, 2.45) is 0 Å². The summed E-state index contributed by atoms with van der Waals surface area (Å²) >= 11 is 0. The number of aromatic nitrogens is 2. The standard InChI is InChI=1S/C34H23N3.Pt/c1-4-14-26(15-5-1)29-20-10-11-23-32(29)37(33-24-12-21-30(35-33)27-16-6-2-7-17-27)34-25-13-22-31(36-34)28-18-8-3-9-19-28;/h1-16,18,20-25H;/q-2;+2. The summed E-state index contributed by atoms with van der Waals surface area (Å²) in [5, 5.41) is 0. The summed E-state index contributed by atoms with van der Waals surface area (Å²) in [6, 6.07) is 53.3. The Morgan fingerprint density at radius 2 is 1.00 bits per heavy atom. The molecule has 0 bridgehead atoms. The molecule has 0 fully saturated rings. The predicted octanol–water partition coefficient (Wildman–Crippen LogP) is 8.55. The average molecular weight is 669 g/mol. The molecule has 4 heteroatoms. The van der Waals surface area contributed by atoms with E-state index in [0.717, 1.165) is 51.0 Å². The molecule has 0 saturated heterocycles. The van der Waals surface area contributed by atoms with Crippen molar-refractivity contribution in [3.05, 3.63) is 152 Å². The molecular formula is C34H23N3Pt. The van der Waals surface area contributed by atoms with Crippen molar-refractivity contribution < 1.29 is 21.1 Å². The summed E-state index contributed by atoms with van der Waals surface area (Å²) in [7, 11) is 0. The van der Waals surface area contributed by atoms with Gasteiger partial charge < -0.3 is 0 Å². The monoisotopic (exact) mass is 668 g/mol. The first kappa shape index (κ1) is 25.3. The smallest absolute Gasteiger partial charge is 0.280 e. The van der Waals surface area contributed by atoms with Gasteiger partial charge in [-0.3, -0.25) is 14.9 Å². The molecule has 0 aliphatic carbocycles. The first-order valence-electron chi connectivity index (χ1n) is 12.2. The van der Waals surface area contributed by atoms with Crippen molar-refractivity contribution in [2.45, 2.75) is 0 Å². The Morgan fingerprint density at radius 3 is 1.55 bits per heavy atom. The zero-order chi connectivity index (χ0) is 24.9. The fraction of sp³-hybridized carbons (Fsp3) is 0. The number of hydrogen-bond donors (Lipinski definition) is 0. The van der Waals surface area contributed by atoms with E-state index in [2.05, 4.69) is 65.6 Å². The van der Waals surface area contributed by atoms with Gasteiger partial charge in [0.1, 0.15) is 11.6 Å². The van der Waals surface area contributed by atoms with Crippen molar-refractivity contribution in [1.29, 1.82) is 0 Å². The van der Waals surface area contributed by atoms with Gasteiger partial charge in [-0.2, -0.15) is 0 Å². The molecule has 38 heavy (non-hydrogen) atoms. The number of pyridine rings is 2. The van der Waals surface area contributed by atoms with Crippen LogP contribution in [-0.4, -0.2) is 9.97 Å². The van der Waals surface area contributed by atoms with Gasteiger partial charge in [0.15, 0.2) is 0 Å². The molecule has 4 aromatic carbocycles. The van der Waals surface area contributed by atoms with Crippen molar-refractivity contribution in [3.63, 3.8) is 0 Å². The van der Waals surface area contributed by atoms with E-state index in [0.29, 0.717) is 0 Å². The van der Waals surface area contributed by atoms with Crippen LogP contribution in [0.15, 0.2) is 140 Å². The van der Waals surface area contributed by atoms with Gasteiger partial charge in [0.25, 0.3) is 0 Å². The van der Waals surface area contributed by atoms with Crippen molar-refractivity contribution in [3.8, 4) is 33.6 Å². The molecule has 0 atom stereocenters. The van der Waals surface area contributed by atoms with E-state index < -0.39 is 0 Å². The molecule has 184 valence electrons. The van der Waals surface area contributed by atoms with Gasteiger partial charge in [-0.15, -0.1) is 71.8 Å². The minimum Gasteiger partial charge on any atom is -0.280 e. The maximum Gasteiger partial charge on any atom is 2.00 e. The van der Waals surface area contributed by atoms with Gasteiger partial charge in [-0.1, -0.05) is 72.8 Å². The molecule has 0 unspecified atom stereocenters. The number of rotatable bonds is 6. The second-order valence-corrected chi connectivity index (χ2v) is 8.53. The third-order valence-electron chi connectivity index (χ3n) is 6.13. The number of nitrogens with zero attached hydrogens (tertiary/aromatic N) is 3. The topological polar surface area (TPSA) is 29.0 Å². The molecule has 0 aliphatic heterocycles. The maximum atomic E-state index is 5.08. The third kappa shape index (κ3) is 5.34. The number of benzene rings is 4. The minimum atomic E-state index is 0. The van der Waals surface area contributed by atoms with Crippen LogP contribution in [0.3, 0.4) is 0 Å². The van der Waals surface area contributed by atoms with E-state index >= 15 is 0 Å². The molecule has 0 N–H and O–H groups in total. The second-order valence-electron chi connectivity index (χ2n) is 8.53. The molecule has 0 radical (unpaired) electrons. The fourth-order valence-electron chi connectivity index (χ4n) is 4.40. The predicted molar refractivity (Wildman–Crippen MR) is 151 cm³/mol. The summed E-state index contributed by atoms with van der Waals surface area (Å²) in [4.78, 5) is 12.3. The molecule has 0 saturated carbocycles. The van der Waals surface area contributed by atoms with Crippen molar-refractivity contribution in [1.82, 2.24) is 9.97 Å². The van der Waals surface area contributed by atoms with Crippen LogP contribution in [0, 0.1) is 12.1 Å². The van der Waals surface area contributed by atoms with E-state index in [-0.39, 0.29) is 21.1 Å². The van der Waals surface area contributed by atoms with Gasteiger partial charge in [-0.25, -0.2) is 0 Å². The Kier molecular flexibility index (Phi) is 7.87. The molecule has 2 aromatic heterocycles. The first-order chi connectivity index (χ1) is 18.4. The minimum absolute atomic E-state index is 0. The van der Waals surface area contributed by atoms with Crippen molar-refractivity contribution in [2.75, 3.05) is 4.90 Å². The van der Waals surface area contributed by atoms with Gasteiger partial charge in [0.05, 0.1) is 5.69 Å². The van der Waals surface area contributed by atoms with Crippen LogP contribution in [0.5, 0.6) is 0 Å². The average Bonchev–Trinajstić information content (AvgIpc) is 2.99. The Bertz CT molecular complexity index is 1540. The largest absolute Gasteiger partial charge is 2.00 e. The molecular weight excluding hydrogens is 645 g/mol. The van der Waals surface area contributed by atoms with E-state index in [1.165, 1.54) is 0 Å². The van der Waals surface area contributed by atoms with Gasteiger partial charge in [0, 0.05) is 5.56 Å². The Balaban J connectivity index is 0.00000294. The Morgan fingerprint density at radius 1 is 0.474 bits per heavy atom. The quantitative estimate of drug-likeness (QED) is 0.167. The van der Waals surface area contributed by atoms with Crippen LogP contribution in [0.4, 0.5) is 17.3 Å². The van der Waals surface area contributed by atoms with E-state index in [1.807, 2.05) is 91.0 Å². The third-order valence-corrected chi connectivity index (χ3v) is 6.13. The second kappa shape index (κ2) is 11.8. The Labute approximate surface area is 237 Å². The number of anilines is 3. The van der Waals surface area contributed by atoms with Crippen LogP contribution in [0.2, 0.25) is 0 Å². The summed E-state index contributed by atoms with van der Waals surface area (Å²) in [5.74, 6) is 1.56. The summed E-state index contributed by atoms with van der Waals surface area (Å²) < 4.78 is 0. The van der Waals surface area contributed by atoms with Gasteiger partial charge >= 0.3 is 21.1 Å². The van der Waals surface area contributed by atoms with Crippen LogP contribution >= 0.6 is 0 Å². The molecule has 0 aliphatic rings. The van der Waals surface area contributed by atoms with Crippen LogP contribution < -0.4 is 4.90 Å². The van der Waals surface area contributed by atoms with E-state index in [1.54, 1.807) is 0 Å². The zero-order valence-electron chi connectivity index (χ0n) is 20.4. The van der Waals surface area contributed by atoms with Gasteiger partial charge in [-0.05, 0) is 35.2 Å². The number of hydrogen-bond acceptors (Lipinski definition) is 3. The number of para-hydroxylation sites is 1. The maximum absolute atomic E-state index is 5.08. The Hall–Kier alpha value is -4.33. The summed E-state index contributed by atoms with van der Waals surface area (Å²) in [6.45, 7) is 0. The first-order valence-corrected chi connectivity index (χ1v) is 12.2. The molecule has 3 nitrogen and oxygen atoms in total. The summed E-state index contributed by atoms with van der Waals surface area (Å²) in [5.41, 5.74) is 6.82. The molecule has 0 spiro atoms. The molecule has 6 aromatic rings. The molecule has 2 heterocycles. The van der Waals surface area contributed by atoms with Gasteiger partial charge in [0.2, 0.25) is 0 Å². The molecule has 6 rings (SSSR count). The summed E-state index contributed by atoms with van der Waals surface area (Å²) in [6.07, 6.45) is 0. The van der Waals surface area contributed by atoms with Crippen LogP contribution in [0.1, 0.15) is 0 Å². The van der Waals surface area contributed by atoms with Crippen LogP contribution in [0.25, 0.3) is 33.6 Å².